The van der Waals surface area contributed by atoms with Crippen molar-refractivity contribution in [3.63, 3.8) is 0 Å². The molecule has 0 aliphatic carbocycles. The summed E-state index contributed by atoms with van der Waals surface area (Å²) in [5, 5.41) is 0. The Labute approximate surface area is 243 Å². The molecular weight excluding hydrogens is 482 g/mol. The van der Waals surface area contributed by atoms with Gasteiger partial charge in [-0.05, 0) is 73.4 Å². The van der Waals surface area contributed by atoms with E-state index in [0.717, 1.165) is 19.5 Å². The van der Waals surface area contributed by atoms with Crippen LogP contribution in [0.3, 0.4) is 0 Å². The van der Waals surface area contributed by atoms with E-state index < -0.39 is 0 Å². The third-order valence-electron chi connectivity index (χ3n) is 9.66. The van der Waals surface area contributed by atoms with E-state index in [2.05, 4.69) is 140 Å². The van der Waals surface area contributed by atoms with Crippen LogP contribution in [0.15, 0.2) is 121 Å². The van der Waals surface area contributed by atoms with E-state index in [1.54, 1.807) is 5.56 Å². The molecule has 1 saturated heterocycles. The molecule has 1 fully saturated rings. The number of unbranched alkanes of at least 4 members (excludes halogenated alkanes) is 3. The van der Waals surface area contributed by atoms with Crippen LogP contribution in [0.5, 0.6) is 0 Å². The van der Waals surface area contributed by atoms with Crippen LogP contribution in [-0.4, -0.2) is 24.0 Å². The highest BCUT2D eigenvalue weighted by atomic mass is 15.2. The number of benzene rings is 4. The standard InChI is InChI=1S/C39H47N/c1-3-4-5-18-27-38(34-19-10-6-11-20-34)28-30-40(33(2)32-38)31-29-39(35-21-12-7-13-22-35,36-23-14-8-15-24-36)37-25-16-9-17-26-37/h6-17,19-26,33H,3-5,18,27-32H2,1-2H3. The summed E-state index contributed by atoms with van der Waals surface area (Å²) in [5.74, 6) is 0. The molecule has 0 aromatic heterocycles. The lowest BCUT2D eigenvalue weighted by atomic mass is 9.66. The fourth-order valence-corrected chi connectivity index (χ4v) is 7.43. The molecule has 2 unspecified atom stereocenters. The second-order valence-electron chi connectivity index (χ2n) is 12.0. The maximum Gasteiger partial charge on any atom is 0.0463 e. The van der Waals surface area contributed by atoms with Gasteiger partial charge in [-0.2, -0.15) is 0 Å². The van der Waals surface area contributed by atoms with Gasteiger partial charge in [-0.15, -0.1) is 0 Å². The molecule has 2 atom stereocenters. The summed E-state index contributed by atoms with van der Waals surface area (Å²) in [6.07, 6.45) is 10.2. The average Bonchev–Trinajstić information content (AvgIpc) is 3.02. The van der Waals surface area contributed by atoms with Gasteiger partial charge in [0.2, 0.25) is 0 Å². The molecule has 0 bridgehead atoms. The summed E-state index contributed by atoms with van der Waals surface area (Å²) in [6.45, 7) is 7.05. The Morgan fingerprint density at radius 1 is 0.675 bits per heavy atom. The molecule has 0 saturated carbocycles. The molecule has 1 heterocycles. The lowest BCUT2D eigenvalue weighted by molar-refractivity contribution is 0.0908. The minimum atomic E-state index is -0.183. The molecule has 1 aliphatic rings. The van der Waals surface area contributed by atoms with E-state index in [1.165, 1.54) is 61.6 Å². The highest BCUT2D eigenvalue weighted by Crippen LogP contribution is 2.45. The maximum atomic E-state index is 2.79. The van der Waals surface area contributed by atoms with E-state index in [9.17, 15) is 0 Å². The van der Waals surface area contributed by atoms with Gasteiger partial charge in [-0.25, -0.2) is 0 Å². The summed E-state index contributed by atoms with van der Waals surface area (Å²) in [4.78, 5) is 2.79. The van der Waals surface area contributed by atoms with E-state index in [1.807, 2.05) is 0 Å². The molecule has 5 rings (SSSR count). The number of hydrogen-bond acceptors (Lipinski definition) is 1. The van der Waals surface area contributed by atoms with Gasteiger partial charge in [0.1, 0.15) is 0 Å². The van der Waals surface area contributed by atoms with Gasteiger partial charge >= 0.3 is 0 Å². The highest BCUT2D eigenvalue weighted by Gasteiger charge is 2.41. The van der Waals surface area contributed by atoms with Crippen molar-refractivity contribution in [2.24, 2.45) is 0 Å². The van der Waals surface area contributed by atoms with Crippen molar-refractivity contribution >= 4 is 0 Å². The molecule has 1 heteroatoms. The first-order valence-electron chi connectivity index (χ1n) is 15.6. The Hall–Kier alpha value is -3.16. The van der Waals surface area contributed by atoms with E-state index in [4.69, 9.17) is 0 Å². The molecule has 40 heavy (non-hydrogen) atoms. The summed E-state index contributed by atoms with van der Waals surface area (Å²) in [6, 6.07) is 45.6. The Morgan fingerprint density at radius 2 is 1.18 bits per heavy atom. The number of nitrogens with zero attached hydrogens (tertiary/aromatic N) is 1. The van der Waals surface area contributed by atoms with Crippen molar-refractivity contribution in [1.29, 1.82) is 0 Å². The van der Waals surface area contributed by atoms with Crippen LogP contribution in [0.25, 0.3) is 0 Å². The van der Waals surface area contributed by atoms with Gasteiger partial charge in [0.05, 0.1) is 0 Å². The fourth-order valence-electron chi connectivity index (χ4n) is 7.43. The monoisotopic (exact) mass is 529 g/mol. The van der Waals surface area contributed by atoms with Gasteiger partial charge in [0.15, 0.2) is 0 Å². The molecule has 0 spiro atoms. The van der Waals surface area contributed by atoms with Crippen LogP contribution >= 0.6 is 0 Å². The SMILES string of the molecule is CCCCCCC1(c2ccccc2)CCN(CCC(c2ccccc2)(c2ccccc2)c2ccccc2)C(C)C1. The fraction of sp³-hybridized carbons (Fsp3) is 0.385. The quantitative estimate of drug-likeness (QED) is 0.130. The first-order valence-corrected chi connectivity index (χ1v) is 15.6. The number of rotatable bonds is 12. The largest absolute Gasteiger partial charge is 0.301 e. The van der Waals surface area contributed by atoms with Crippen LogP contribution in [0.4, 0.5) is 0 Å². The summed E-state index contributed by atoms with van der Waals surface area (Å²) < 4.78 is 0. The smallest absolute Gasteiger partial charge is 0.0463 e. The molecule has 0 radical (unpaired) electrons. The first kappa shape index (κ1) is 28.4. The maximum absolute atomic E-state index is 2.79. The van der Waals surface area contributed by atoms with Gasteiger partial charge < -0.3 is 4.90 Å². The minimum absolute atomic E-state index is 0.183. The Bertz CT molecular complexity index is 1170. The predicted octanol–water partition coefficient (Wildman–Crippen LogP) is 9.80. The molecule has 208 valence electrons. The minimum Gasteiger partial charge on any atom is -0.301 e. The lowest BCUT2D eigenvalue weighted by Gasteiger charge is -2.47. The third-order valence-corrected chi connectivity index (χ3v) is 9.66. The van der Waals surface area contributed by atoms with Crippen molar-refractivity contribution in [2.75, 3.05) is 13.1 Å². The van der Waals surface area contributed by atoms with Gasteiger partial charge in [-0.1, -0.05) is 154 Å². The molecule has 1 nitrogen and oxygen atoms in total. The lowest BCUT2D eigenvalue weighted by Crippen LogP contribution is -2.49. The third kappa shape index (κ3) is 6.11. The zero-order chi connectivity index (χ0) is 27.7. The second kappa shape index (κ2) is 13.5. The Balaban J connectivity index is 1.42. The molecule has 1 aliphatic heterocycles. The second-order valence-corrected chi connectivity index (χ2v) is 12.0. The van der Waals surface area contributed by atoms with Crippen molar-refractivity contribution in [3.05, 3.63) is 144 Å². The van der Waals surface area contributed by atoms with Crippen molar-refractivity contribution in [2.45, 2.75) is 82.1 Å². The van der Waals surface area contributed by atoms with Crippen molar-refractivity contribution in [3.8, 4) is 0 Å². The van der Waals surface area contributed by atoms with Crippen LogP contribution in [-0.2, 0) is 10.8 Å². The molecular formula is C39H47N. The zero-order valence-corrected chi connectivity index (χ0v) is 24.6. The van der Waals surface area contributed by atoms with Gasteiger partial charge in [0.25, 0.3) is 0 Å². The topological polar surface area (TPSA) is 3.24 Å². The molecule has 4 aromatic carbocycles. The number of likely N-dealkylation sites (tertiary alicyclic amines) is 1. The number of piperidine rings is 1. The summed E-state index contributed by atoms with van der Waals surface area (Å²) in [5.41, 5.74) is 5.83. The van der Waals surface area contributed by atoms with Crippen molar-refractivity contribution < 1.29 is 0 Å². The van der Waals surface area contributed by atoms with Crippen molar-refractivity contribution in [1.82, 2.24) is 4.90 Å². The predicted molar refractivity (Wildman–Crippen MR) is 171 cm³/mol. The number of hydrogen-bond donors (Lipinski definition) is 0. The zero-order valence-electron chi connectivity index (χ0n) is 24.6. The van der Waals surface area contributed by atoms with E-state index in [0.29, 0.717) is 11.5 Å². The average molecular weight is 530 g/mol. The van der Waals surface area contributed by atoms with E-state index in [-0.39, 0.29) is 5.41 Å². The Morgan fingerprint density at radius 3 is 1.65 bits per heavy atom. The molecule has 4 aromatic rings. The summed E-state index contributed by atoms with van der Waals surface area (Å²) >= 11 is 0. The van der Waals surface area contributed by atoms with Gasteiger partial charge in [-0.3, -0.25) is 0 Å². The van der Waals surface area contributed by atoms with Crippen LogP contribution < -0.4 is 0 Å². The molecule has 0 amide bonds. The Kier molecular flexibility index (Phi) is 9.55. The van der Waals surface area contributed by atoms with Crippen LogP contribution in [0, 0.1) is 0 Å². The molecule has 0 N–H and O–H groups in total. The highest BCUT2D eigenvalue weighted by molar-refractivity contribution is 5.50. The van der Waals surface area contributed by atoms with E-state index >= 15 is 0 Å². The van der Waals surface area contributed by atoms with Crippen LogP contribution in [0.2, 0.25) is 0 Å². The van der Waals surface area contributed by atoms with Gasteiger partial charge in [0, 0.05) is 11.5 Å². The first-order chi connectivity index (χ1) is 19.7. The van der Waals surface area contributed by atoms with Crippen LogP contribution in [0.1, 0.15) is 87.5 Å². The summed E-state index contributed by atoms with van der Waals surface area (Å²) in [7, 11) is 0. The normalized spacial score (nSPS) is 19.9.